The highest BCUT2D eigenvalue weighted by Crippen LogP contribution is 2.37. The molecule has 0 bridgehead atoms. The number of nitrogens with zero attached hydrogens (tertiary/aromatic N) is 1. The van der Waals surface area contributed by atoms with Gasteiger partial charge >= 0.3 is 0 Å². The monoisotopic (exact) mass is 418 g/mol. The Labute approximate surface area is 160 Å². The third kappa shape index (κ3) is 3.96. The molecule has 1 aliphatic heterocycles. The van der Waals surface area contributed by atoms with Crippen LogP contribution in [0.1, 0.15) is 43.4 Å². The summed E-state index contributed by atoms with van der Waals surface area (Å²) < 4.78 is 14.3. The largest absolute Gasteiger partial charge is 0.324 e. The molecule has 136 valence electrons. The van der Waals surface area contributed by atoms with Gasteiger partial charge in [0.25, 0.3) is 0 Å². The molecule has 1 heterocycles. The molecule has 2 aromatic carbocycles. The Bertz CT molecular complexity index is 823. The van der Waals surface area contributed by atoms with Crippen LogP contribution in [-0.2, 0) is 9.59 Å². The zero-order valence-corrected chi connectivity index (χ0v) is 16.1. The highest BCUT2D eigenvalue weighted by molar-refractivity contribution is 9.10. The fourth-order valence-electron chi connectivity index (χ4n) is 3.19. The molecule has 0 unspecified atom stereocenters. The van der Waals surface area contributed by atoms with Crippen LogP contribution in [0.5, 0.6) is 0 Å². The number of carbonyl (C=O) groups excluding carboxylic acids is 2. The lowest BCUT2D eigenvalue weighted by atomic mass is 9.95. The number of benzene rings is 2. The number of carbonyl (C=O) groups is 2. The molecule has 4 nitrogen and oxygen atoms in total. The molecule has 0 fully saturated rings. The SMILES string of the molecule is CCCCC(=O)N1CC(=O)Nc2ccc(Br)cc2[C@@H]1c1ccc(F)cc1. The molecule has 3 rings (SSSR count). The minimum absolute atomic E-state index is 0.0309. The van der Waals surface area contributed by atoms with Crippen LogP contribution < -0.4 is 5.32 Å². The Morgan fingerprint density at radius 2 is 2.00 bits per heavy atom. The minimum Gasteiger partial charge on any atom is -0.324 e. The summed E-state index contributed by atoms with van der Waals surface area (Å²) in [5.41, 5.74) is 2.24. The zero-order valence-electron chi connectivity index (χ0n) is 14.5. The van der Waals surface area contributed by atoms with E-state index >= 15 is 0 Å². The van der Waals surface area contributed by atoms with Crippen LogP contribution in [0.2, 0.25) is 0 Å². The van der Waals surface area contributed by atoms with Gasteiger partial charge in [0, 0.05) is 22.1 Å². The Kier molecular flexibility index (Phi) is 5.71. The molecule has 2 aromatic rings. The number of rotatable bonds is 4. The van der Waals surface area contributed by atoms with Crippen molar-refractivity contribution >= 4 is 33.4 Å². The van der Waals surface area contributed by atoms with Crippen LogP contribution >= 0.6 is 15.9 Å². The van der Waals surface area contributed by atoms with Crippen LogP contribution in [0.15, 0.2) is 46.9 Å². The summed E-state index contributed by atoms with van der Waals surface area (Å²) in [6.07, 6.45) is 2.04. The first kappa shape index (κ1) is 18.6. The van der Waals surface area contributed by atoms with E-state index in [0.717, 1.165) is 28.4 Å². The highest BCUT2D eigenvalue weighted by Gasteiger charge is 2.33. The van der Waals surface area contributed by atoms with Gasteiger partial charge < -0.3 is 10.2 Å². The molecular formula is C20H20BrFN2O2. The maximum Gasteiger partial charge on any atom is 0.244 e. The lowest BCUT2D eigenvalue weighted by Crippen LogP contribution is -2.38. The summed E-state index contributed by atoms with van der Waals surface area (Å²) >= 11 is 3.47. The van der Waals surface area contributed by atoms with Crippen molar-refractivity contribution in [3.63, 3.8) is 0 Å². The first-order chi connectivity index (χ1) is 12.5. The number of anilines is 1. The van der Waals surface area contributed by atoms with Crippen LogP contribution in [0.3, 0.4) is 0 Å². The summed E-state index contributed by atoms with van der Waals surface area (Å²) in [6.45, 7) is 1.99. The van der Waals surface area contributed by atoms with Crippen molar-refractivity contribution < 1.29 is 14.0 Å². The Morgan fingerprint density at radius 1 is 1.27 bits per heavy atom. The van der Waals surface area contributed by atoms with Crippen molar-refractivity contribution in [1.29, 1.82) is 0 Å². The van der Waals surface area contributed by atoms with E-state index in [1.54, 1.807) is 17.0 Å². The molecule has 0 aromatic heterocycles. The smallest absolute Gasteiger partial charge is 0.244 e. The lowest BCUT2D eigenvalue weighted by molar-refractivity contribution is -0.136. The van der Waals surface area contributed by atoms with E-state index in [9.17, 15) is 14.0 Å². The molecule has 0 aliphatic carbocycles. The molecule has 2 amide bonds. The molecule has 1 N–H and O–H groups in total. The number of nitrogens with one attached hydrogen (secondary N) is 1. The van der Waals surface area contributed by atoms with Crippen LogP contribution in [-0.4, -0.2) is 23.3 Å². The normalized spacial score (nSPS) is 16.7. The topological polar surface area (TPSA) is 49.4 Å². The standard InChI is InChI=1S/C20H20BrFN2O2/c1-2-3-4-19(26)24-12-18(25)23-17-10-7-14(21)11-16(17)20(24)13-5-8-15(22)9-6-13/h5-11,20H,2-4,12H2,1H3,(H,23,25)/t20-/m0/s1. The average molecular weight is 419 g/mol. The number of halogens is 2. The van der Waals surface area contributed by atoms with Gasteiger partial charge in [-0.3, -0.25) is 9.59 Å². The summed E-state index contributed by atoms with van der Waals surface area (Å²) in [5, 5.41) is 2.87. The maximum absolute atomic E-state index is 13.4. The van der Waals surface area contributed by atoms with Gasteiger partial charge in [0.05, 0.1) is 6.04 Å². The van der Waals surface area contributed by atoms with Crippen molar-refractivity contribution in [2.45, 2.75) is 32.2 Å². The average Bonchev–Trinajstić information content (AvgIpc) is 2.76. The Hall–Kier alpha value is -2.21. The van der Waals surface area contributed by atoms with Gasteiger partial charge in [-0.1, -0.05) is 41.4 Å². The predicted molar refractivity (Wildman–Crippen MR) is 102 cm³/mol. The third-order valence-corrected chi connectivity index (χ3v) is 4.95. The van der Waals surface area contributed by atoms with E-state index in [0.29, 0.717) is 12.1 Å². The van der Waals surface area contributed by atoms with Gasteiger partial charge in [0.15, 0.2) is 0 Å². The summed E-state index contributed by atoms with van der Waals surface area (Å²) in [5.74, 6) is -0.651. The third-order valence-electron chi connectivity index (χ3n) is 4.46. The Morgan fingerprint density at radius 3 is 2.69 bits per heavy atom. The summed E-state index contributed by atoms with van der Waals surface area (Å²) in [7, 11) is 0. The van der Waals surface area contributed by atoms with Crippen molar-refractivity contribution in [3.05, 3.63) is 63.9 Å². The van der Waals surface area contributed by atoms with Crippen LogP contribution in [0, 0.1) is 5.82 Å². The summed E-state index contributed by atoms with van der Waals surface area (Å²) in [6, 6.07) is 11.2. The van der Waals surface area contributed by atoms with Crippen molar-refractivity contribution in [2.75, 3.05) is 11.9 Å². The second-order valence-corrected chi connectivity index (χ2v) is 7.27. The van der Waals surface area contributed by atoms with Crippen molar-refractivity contribution in [3.8, 4) is 0 Å². The second kappa shape index (κ2) is 7.99. The molecular weight excluding hydrogens is 399 g/mol. The lowest BCUT2D eigenvalue weighted by Gasteiger charge is -2.30. The van der Waals surface area contributed by atoms with Gasteiger partial charge in [-0.2, -0.15) is 0 Å². The molecule has 1 aliphatic rings. The molecule has 0 spiro atoms. The molecule has 26 heavy (non-hydrogen) atoms. The molecule has 0 saturated heterocycles. The van der Waals surface area contributed by atoms with E-state index in [1.165, 1.54) is 12.1 Å². The van der Waals surface area contributed by atoms with E-state index in [2.05, 4.69) is 21.2 Å². The van der Waals surface area contributed by atoms with E-state index in [-0.39, 0.29) is 24.2 Å². The van der Waals surface area contributed by atoms with Gasteiger partial charge in [-0.25, -0.2) is 4.39 Å². The van der Waals surface area contributed by atoms with Gasteiger partial charge in [0.2, 0.25) is 11.8 Å². The maximum atomic E-state index is 13.4. The van der Waals surface area contributed by atoms with E-state index in [1.807, 2.05) is 25.1 Å². The first-order valence-corrected chi connectivity index (χ1v) is 9.43. The van der Waals surface area contributed by atoms with Gasteiger partial charge in [-0.05, 0) is 42.3 Å². The second-order valence-electron chi connectivity index (χ2n) is 6.36. The quantitative estimate of drug-likeness (QED) is 0.785. The minimum atomic E-state index is -0.452. The van der Waals surface area contributed by atoms with Crippen LogP contribution in [0.4, 0.5) is 10.1 Å². The Balaban J connectivity index is 2.12. The van der Waals surface area contributed by atoms with Crippen molar-refractivity contribution in [2.24, 2.45) is 0 Å². The highest BCUT2D eigenvalue weighted by atomic mass is 79.9. The van der Waals surface area contributed by atoms with Crippen molar-refractivity contribution in [1.82, 2.24) is 4.90 Å². The first-order valence-electron chi connectivity index (χ1n) is 8.64. The molecule has 1 atom stereocenters. The molecule has 0 saturated carbocycles. The van der Waals surface area contributed by atoms with Gasteiger partial charge in [0.1, 0.15) is 12.4 Å². The zero-order chi connectivity index (χ0) is 18.7. The fraction of sp³-hybridized carbons (Fsp3) is 0.300. The predicted octanol–water partition coefficient (Wildman–Crippen LogP) is 4.65. The number of hydrogen-bond acceptors (Lipinski definition) is 2. The van der Waals surface area contributed by atoms with E-state index in [4.69, 9.17) is 0 Å². The number of fused-ring (bicyclic) bond motifs is 1. The number of unbranched alkanes of at least 4 members (excludes halogenated alkanes) is 1. The number of hydrogen-bond donors (Lipinski definition) is 1. The molecule has 0 radical (unpaired) electrons. The number of amides is 2. The molecule has 6 heteroatoms. The fourth-order valence-corrected chi connectivity index (χ4v) is 3.56. The van der Waals surface area contributed by atoms with E-state index < -0.39 is 6.04 Å². The van der Waals surface area contributed by atoms with Crippen LogP contribution in [0.25, 0.3) is 0 Å². The summed E-state index contributed by atoms with van der Waals surface area (Å²) in [4.78, 5) is 26.8. The van der Waals surface area contributed by atoms with Gasteiger partial charge in [-0.15, -0.1) is 0 Å².